The highest BCUT2D eigenvalue weighted by Crippen LogP contribution is 2.36. The van der Waals surface area contributed by atoms with Gasteiger partial charge in [0.15, 0.2) is 16.3 Å². The predicted octanol–water partition coefficient (Wildman–Crippen LogP) is 4.14. The van der Waals surface area contributed by atoms with Crippen LogP contribution in [0.4, 0.5) is 5.69 Å². The molecule has 3 aromatic rings. The molecule has 0 spiro atoms. The number of ether oxygens (including phenoxy) is 3. The Hall–Kier alpha value is -4.25. The summed E-state index contributed by atoms with van der Waals surface area (Å²) in [5, 5.41) is 11.2. The van der Waals surface area contributed by atoms with Crippen LogP contribution in [-0.4, -0.2) is 35.8 Å². The Morgan fingerprint density at radius 2 is 2.00 bits per heavy atom. The van der Waals surface area contributed by atoms with E-state index >= 15 is 0 Å². The number of nitrogens with zero attached hydrogens (tertiary/aromatic N) is 3. The minimum Gasteiger partial charge on any atom is -0.493 e. The van der Waals surface area contributed by atoms with Gasteiger partial charge in [0.25, 0.3) is 11.2 Å². The van der Waals surface area contributed by atoms with Crippen LogP contribution in [0.5, 0.6) is 11.5 Å². The van der Waals surface area contributed by atoms with Gasteiger partial charge in [-0.15, -0.1) is 0 Å². The molecule has 1 aliphatic heterocycles. The summed E-state index contributed by atoms with van der Waals surface area (Å²) in [4.78, 5) is 42.7. The Morgan fingerprint density at radius 3 is 2.67 bits per heavy atom. The van der Waals surface area contributed by atoms with Gasteiger partial charge in [-0.05, 0) is 55.5 Å². The van der Waals surface area contributed by atoms with Crippen molar-refractivity contribution in [1.82, 2.24) is 4.57 Å². The minimum atomic E-state index is -0.832. The maximum atomic E-state index is 13.8. The van der Waals surface area contributed by atoms with Gasteiger partial charge in [-0.3, -0.25) is 19.5 Å². The first-order valence-corrected chi connectivity index (χ1v) is 13.7. The number of nitro benzene ring substituents is 1. The molecule has 0 N–H and O–H groups in total. The van der Waals surface area contributed by atoms with Crippen LogP contribution >= 0.6 is 11.3 Å². The Balaban J connectivity index is 1.87. The highest BCUT2D eigenvalue weighted by molar-refractivity contribution is 7.07. The Kier molecular flexibility index (Phi) is 8.83. The van der Waals surface area contributed by atoms with Crippen LogP contribution in [-0.2, 0) is 9.53 Å². The number of non-ortho nitro benzene ring substituents is 1. The fraction of sp³-hybridized carbons (Fsp3) is 0.345. The van der Waals surface area contributed by atoms with E-state index in [1.165, 1.54) is 23.8 Å². The first-order valence-electron chi connectivity index (χ1n) is 12.9. The number of thiazole rings is 1. The third-order valence-electron chi connectivity index (χ3n) is 6.35. The minimum absolute atomic E-state index is 0.0809. The Labute approximate surface area is 235 Å². The summed E-state index contributed by atoms with van der Waals surface area (Å²) in [7, 11) is 1.53. The number of rotatable bonds is 10. The molecule has 0 radical (unpaired) electrons. The van der Waals surface area contributed by atoms with Gasteiger partial charge in [-0.25, -0.2) is 9.79 Å². The molecule has 1 unspecified atom stereocenters. The number of carbonyl (C=O) groups is 1. The van der Waals surface area contributed by atoms with Gasteiger partial charge in [-0.1, -0.05) is 43.4 Å². The number of benzene rings is 2. The smallest absolute Gasteiger partial charge is 0.338 e. The summed E-state index contributed by atoms with van der Waals surface area (Å²) < 4.78 is 18.7. The molecule has 1 aromatic heterocycles. The van der Waals surface area contributed by atoms with E-state index < -0.39 is 16.9 Å². The lowest BCUT2D eigenvalue weighted by Crippen LogP contribution is -2.40. The number of carbonyl (C=O) groups excluding carboxylic acids is 1. The fourth-order valence-electron chi connectivity index (χ4n) is 4.36. The fourth-order valence-corrected chi connectivity index (χ4v) is 5.41. The first kappa shape index (κ1) is 28.8. The van der Waals surface area contributed by atoms with E-state index in [9.17, 15) is 19.7 Å². The summed E-state index contributed by atoms with van der Waals surface area (Å²) in [6.45, 7) is 8.33. The molecule has 0 bridgehead atoms. The van der Waals surface area contributed by atoms with Gasteiger partial charge in [0, 0.05) is 12.1 Å². The van der Waals surface area contributed by atoms with Crippen molar-refractivity contribution in [1.29, 1.82) is 0 Å². The first-order chi connectivity index (χ1) is 19.1. The molecule has 11 heteroatoms. The van der Waals surface area contributed by atoms with Crippen LogP contribution < -0.4 is 24.4 Å². The molecule has 2 heterocycles. The van der Waals surface area contributed by atoms with Crippen molar-refractivity contribution < 1.29 is 23.9 Å². The zero-order chi connectivity index (χ0) is 29.0. The zero-order valence-electron chi connectivity index (χ0n) is 23.0. The number of methoxy groups -OCH3 is 1. The molecular weight excluding hydrogens is 534 g/mol. The summed E-state index contributed by atoms with van der Waals surface area (Å²) >= 11 is 1.14. The number of hydrogen-bond acceptors (Lipinski definition) is 9. The van der Waals surface area contributed by atoms with Crippen molar-refractivity contribution in [3.8, 4) is 11.5 Å². The predicted molar refractivity (Wildman–Crippen MR) is 151 cm³/mol. The molecule has 0 saturated carbocycles. The topological polar surface area (TPSA) is 122 Å². The van der Waals surface area contributed by atoms with Crippen LogP contribution in [0.3, 0.4) is 0 Å². The van der Waals surface area contributed by atoms with Crippen molar-refractivity contribution >= 4 is 29.1 Å². The van der Waals surface area contributed by atoms with Gasteiger partial charge in [0.1, 0.15) is 0 Å². The largest absolute Gasteiger partial charge is 0.493 e. The second-order valence-electron chi connectivity index (χ2n) is 9.60. The van der Waals surface area contributed by atoms with Gasteiger partial charge in [0.05, 0.1) is 47.1 Å². The van der Waals surface area contributed by atoms with Gasteiger partial charge in [0.2, 0.25) is 0 Å². The number of aromatic nitrogens is 1. The van der Waals surface area contributed by atoms with E-state index in [1.54, 1.807) is 50.3 Å². The Morgan fingerprint density at radius 1 is 1.23 bits per heavy atom. The molecular formula is C29H31N3O7S. The van der Waals surface area contributed by atoms with E-state index in [2.05, 4.69) is 18.8 Å². The number of esters is 1. The summed E-state index contributed by atoms with van der Waals surface area (Å²) in [5.74, 6) is 0.938. The molecule has 2 aromatic carbocycles. The summed E-state index contributed by atoms with van der Waals surface area (Å²) in [6.07, 6.45) is 2.46. The third-order valence-corrected chi connectivity index (χ3v) is 7.33. The molecule has 210 valence electrons. The van der Waals surface area contributed by atoms with E-state index in [4.69, 9.17) is 14.2 Å². The molecule has 0 fully saturated rings. The van der Waals surface area contributed by atoms with Crippen LogP contribution in [0.1, 0.15) is 51.3 Å². The van der Waals surface area contributed by atoms with Crippen LogP contribution in [0.15, 0.2) is 63.5 Å². The van der Waals surface area contributed by atoms with Gasteiger partial charge >= 0.3 is 5.97 Å². The second-order valence-corrected chi connectivity index (χ2v) is 10.6. The van der Waals surface area contributed by atoms with Crippen LogP contribution in [0.25, 0.3) is 6.08 Å². The lowest BCUT2D eigenvalue weighted by atomic mass is 9.95. The zero-order valence-corrected chi connectivity index (χ0v) is 23.8. The molecule has 40 heavy (non-hydrogen) atoms. The van der Waals surface area contributed by atoms with Gasteiger partial charge < -0.3 is 14.2 Å². The van der Waals surface area contributed by atoms with Gasteiger partial charge in [-0.2, -0.15) is 0 Å². The molecule has 4 rings (SSSR count). The van der Waals surface area contributed by atoms with Crippen molar-refractivity contribution in [2.75, 3.05) is 20.3 Å². The standard InChI is InChI=1S/C29H31N3O7S/c1-6-38-28(34)25-18(4)30-29-31(27(33)24(40-29)15-19-8-7-9-21(14-19)32(35)36)26(25)20-10-11-22(23(16-20)37-5)39-13-12-17(2)3/h7-11,14-17,26H,6,12-13H2,1-5H3. The van der Waals surface area contributed by atoms with E-state index in [-0.39, 0.29) is 23.4 Å². The lowest BCUT2D eigenvalue weighted by Gasteiger charge is -2.25. The normalized spacial score (nSPS) is 15.1. The lowest BCUT2D eigenvalue weighted by molar-refractivity contribution is -0.384. The highest BCUT2D eigenvalue weighted by atomic mass is 32.1. The van der Waals surface area contributed by atoms with Crippen molar-refractivity contribution in [3.63, 3.8) is 0 Å². The monoisotopic (exact) mass is 565 g/mol. The summed E-state index contributed by atoms with van der Waals surface area (Å²) in [5.41, 5.74) is 1.33. The van der Waals surface area contributed by atoms with E-state index in [0.717, 1.165) is 17.8 Å². The van der Waals surface area contributed by atoms with E-state index in [0.29, 0.717) is 50.2 Å². The molecule has 0 amide bonds. The van der Waals surface area contributed by atoms with E-state index in [1.807, 2.05) is 0 Å². The second kappa shape index (κ2) is 12.3. The quantitative estimate of drug-likeness (QED) is 0.206. The molecule has 1 aliphatic rings. The maximum Gasteiger partial charge on any atom is 0.338 e. The number of fused-ring (bicyclic) bond motifs is 1. The van der Waals surface area contributed by atoms with Crippen molar-refractivity contribution in [2.24, 2.45) is 10.9 Å². The molecule has 10 nitrogen and oxygen atoms in total. The summed E-state index contributed by atoms with van der Waals surface area (Å²) in [6, 6.07) is 10.5. The molecule has 0 aliphatic carbocycles. The number of nitro groups is 1. The average Bonchev–Trinajstić information content (AvgIpc) is 3.22. The number of hydrogen-bond donors (Lipinski definition) is 0. The van der Waals surface area contributed by atoms with Crippen molar-refractivity contribution in [2.45, 2.75) is 40.2 Å². The SMILES string of the molecule is CCOC(=O)C1=C(C)N=c2sc(=Cc3cccc([N+](=O)[O-])c3)c(=O)n2C1c1ccc(OCCC(C)C)c(OC)c1. The highest BCUT2D eigenvalue weighted by Gasteiger charge is 2.34. The Bertz CT molecular complexity index is 1650. The molecule has 1 atom stereocenters. The third kappa shape index (κ3) is 5.99. The maximum absolute atomic E-state index is 13.8. The van der Waals surface area contributed by atoms with Crippen LogP contribution in [0.2, 0.25) is 0 Å². The number of allylic oxidation sites excluding steroid dienone is 1. The molecule has 0 saturated heterocycles. The van der Waals surface area contributed by atoms with Crippen LogP contribution in [0, 0.1) is 16.0 Å². The average molecular weight is 566 g/mol. The van der Waals surface area contributed by atoms with Crippen molar-refractivity contribution in [3.05, 3.63) is 94.7 Å².